The van der Waals surface area contributed by atoms with Crippen molar-refractivity contribution in [2.24, 2.45) is 5.73 Å². The fourth-order valence-corrected chi connectivity index (χ4v) is 1.05. The number of amides is 1. The van der Waals surface area contributed by atoms with Crippen molar-refractivity contribution in [1.29, 1.82) is 0 Å². The van der Waals surface area contributed by atoms with E-state index in [-0.39, 0.29) is 12.6 Å². The summed E-state index contributed by atoms with van der Waals surface area (Å²) in [4.78, 5) is 11.3. The molecule has 0 aromatic heterocycles. The summed E-state index contributed by atoms with van der Waals surface area (Å²) in [6.45, 7) is 1.76. The van der Waals surface area contributed by atoms with E-state index >= 15 is 0 Å². The molecule has 1 aromatic carbocycles. The van der Waals surface area contributed by atoms with Crippen LogP contribution in [0, 0.1) is 17.5 Å². The lowest BCUT2D eigenvalue weighted by Crippen LogP contribution is -2.35. The van der Waals surface area contributed by atoms with E-state index in [1.807, 2.05) is 0 Å². The molecule has 6 heteroatoms. The molecule has 1 atom stereocenters. The standard InChI is InChI=1S/C10H11F3N2O/c1-5(14)4-15-10(16)6-2-3-7(11)9(13)8(6)12/h2-3,5H,4,14H2,1H3,(H,15,16). The summed E-state index contributed by atoms with van der Waals surface area (Å²) in [7, 11) is 0. The minimum absolute atomic E-state index is 0.122. The lowest BCUT2D eigenvalue weighted by Gasteiger charge is -2.08. The highest BCUT2D eigenvalue weighted by molar-refractivity contribution is 5.94. The zero-order valence-electron chi connectivity index (χ0n) is 8.56. The molecular formula is C10H11F3N2O. The first-order valence-electron chi connectivity index (χ1n) is 4.60. The monoisotopic (exact) mass is 232 g/mol. The van der Waals surface area contributed by atoms with Crippen LogP contribution in [0.5, 0.6) is 0 Å². The molecule has 1 unspecified atom stereocenters. The molecule has 0 radical (unpaired) electrons. The minimum Gasteiger partial charge on any atom is -0.350 e. The van der Waals surface area contributed by atoms with Crippen molar-refractivity contribution in [3.63, 3.8) is 0 Å². The summed E-state index contributed by atoms with van der Waals surface area (Å²) < 4.78 is 38.5. The fourth-order valence-electron chi connectivity index (χ4n) is 1.05. The Morgan fingerprint density at radius 1 is 1.38 bits per heavy atom. The van der Waals surface area contributed by atoms with Crippen molar-refractivity contribution >= 4 is 5.91 Å². The van der Waals surface area contributed by atoms with Gasteiger partial charge in [-0.05, 0) is 19.1 Å². The normalized spacial score (nSPS) is 12.3. The molecule has 16 heavy (non-hydrogen) atoms. The van der Waals surface area contributed by atoms with E-state index in [1.54, 1.807) is 6.92 Å². The molecule has 88 valence electrons. The van der Waals surface area contributed by atoms with Gasteiger partial charge >= 0.3 is 0 Å². The molecule has 0 saturated heterocycles. The van der Waals surface area contributed by atoms with Crippen molar-refractivity contribution in [1.82, 2.24) is 5.32 Å². The van der Waals surface area contributed by atoms with Gasteiger partial charge in [0.05, 0.1) is 5.56 Å². The van der Waals surface area contributed by atoms with Crippen LogP contribution in [-0.2, 0) is 0 Å². The Morgan fingerprint density at radius 2 is 2.00 bits per heavy atom. The maximum Gasteiger partial charge on any atom is 0.254 e. The van der Waals surface area contributed by atoms with Crippen LogP contribution < -0.4 is 11.1 Å². The SMILES string of the molecule is CC(N)CNC(=O)c1ccc(F)c(F)c1F. The zero-order chi connectivity index (χ0) is 12.3. The maximum atomic E-state index is 13.1. The predicted molar refractivity (Wildman–Crippen MR) is 52.3 cm³/mol. The number of hydrogen-bond donors (Lipinski definition) is 2. The Labute approximate surface area is 90.4 Å². The molecule has 0 aliphatic carbocycles. The van der Waals surface area contributed by atoms with Crippen LogP contribution in [0.4, 0.5) is 13.2 Å². The molecule has 0 heterocycles. The average Bonchev–Trinajstić information content (AvgIpc) is 2.23. The van der Waals surface area contributed by atoms with Gasteiger partial charge in [-0.1, -0.05) is 0 Å². The van der Waals surface area contributed by atoms with Crippen LogP contribution in [-0.4, -0.2) is 18.5 Å². The molecule has 0 aliphatic heterocycles. The number of benzene rings is 1. The van der Waals surface area contributed by atoms with Gasteiger partial charge in [-0.15, -0.1) is 0 Å². The molecule has 1 aromatic rings. The third-order valence-corrected chi connectivity index (χ3v) is 1.86. The molecule has 3 N–H and O–H groups in total. The zero-order valence-corrected chi connectivity index (χ0v) is 8.56. The van der Waals surface area contributed by atoms with E-state index in [9.17, 15) is 18.0 Å². The number of carbonyl (C=O) groups excluding carboxylic acids is 1. The van der Waals surface area contributed by atoms with Crippen molar-refractivity contribution in [3.05, 3.63) is 35.1 Å². The Balaban J connectivity index is 2.88. The average molecular weight is 232 g/mol. The van der Waals surface area contributed by atoms with E-state index in [0.29, 0.717) is 6.07 Å². The summed E-state index contributed by atoms with van der Waals surface area (Å²) in [5.41, 5.74) is 4.83. The van der Waals surface area contributed by atoms with Gasteiger partial charge in [0.2, 0.25) is 0 Å². The number of nitrogens with one attached hydrogen (secondary N) is 1. The third-order valence-electron chi connectivity index (χ3n) is 1.86. The first-order chi connectivity index (χ1) is 7.43. The lowest BCUT2D eigenvalue weighted by atomic mass is 10.2. The first kappa shape index (κ1) is 12.5. The highest BCUT2D eigenvalue weighted by atomic mass is 19.2. The smallest absolute Gasteiger partial charge is 0.254 e. The Morgan fingerprint density at radius 3 is 2.56 bits per heavy atom. The van der Waals surface area contributed by atoms with Crippen LogP contribution in [0.1, 0.15) is 17.3 Å². The van der Waals surface area contributed by atoms with Crippen LogP contribution >= 0.6 is 0 Å². The highest BCUT2D eigenvalue weighted by Crippen LogP contribution is 2.14. The second-order valence-electron chi connectivity index (χ2n) is 3.41. The summed E-state index contributed by atoms with van der Waals surface area (Å²) in [6.07, 6.45) is 0. The topological polar surface area (TPSA) is 55.1 Å². The highest BCUT2D eigenvalue weighted by Gasteiger charge is 2.18. The summed E-state index contributed by atoms with van der Waals surface area (Å²) >= 11 is 0. The maximum absolute atomic E-state index is 13.1. The number of hydrogen-bond acceptors (Lipinski definition) is 2. The number of halogens is 3. The second-order valence-corrected chi connectivity index (χ2v) is 3.41. The Kier molecular flexibility index (Phi) is 3.89. The van der Waals surface area contributed by atoms with E-state index in [4.69, 9.17) is 5.73 Å². The van der Waals surface area contributed by atoms with Crippen LogP contribution in [0.25, 0.3) is 0 Å². The van der Waals surface area contributed by atoms with Gasteiger partial charge < -0.3 is 11.1 Å². The fraction of sp³-hybridized carbons (Fsp3) is 0.300. The summed E-state index contributed by atoms with van der Waals surface area (Å²) in [5.74, 6) is -5.31. The minimum atomic E-state index is -1.66. The van der Waals surface area contributed by atoms with E-state index in [2.05, 4.69) is 5.32 Å². The lowest BCUT2D eigenvalue weighted by molar-refractivity contribution is 0.0946. The van der Waals surface area contributed by atoms with Gasteiger partial charge in [0.15, 0.2) is 17.5 Å². The molecule has 1 amide bonds. The van der Waals surface area contributed by atoms with Gasteiger partial charge in [-0.3, -0.25) is 4.79 Å². The van der Waals surface area contributed by atoms with Crippen molar-refractivity contribution in [2.75, 3.05) is 6.54 Å². The molecule has 3 nitrogen and oxygen atoms in total. The van der Waals surface area contributed by atoms with Gasteiger partial charge in [-0.25, -0.2) is 13.2 Å². The molecule has 0 bridgehead atoms. The number of carbonyl (C=O) groups is 1. The van der Waals surface area contributed by atoms with Crippen molar-refractivity contribution in [3.8, 4) is 0 Å². The summed E-state index contributed by atoms with van der Waals surface area (Å²) in [5, 5.41) is 2.29. The molecule has 0 spiro atoms. The quantitative estimate of drug-likeness (QED) is 0.769. The van der Waals surface area contributed by atoms with Gasteiger partial charge in [0.25, 0.3) is 5.91 Å². The number of nitrogens with two attached hydrogens (primary N) is 1. The van der Waals surface area contributed by atoms with Crippen molar-refractivity contribution in [2.45, 2.75) is 13.0 Å². The molecular weight excluding hydrogens is 221 g/mol. The van der Waals surface area contributed by atoms with E-state index in [1.165, 1.54) is 0 Å². The van der Waals surface area contributed by atoms with Crippen LogP contribution in [0.2, 0.25) is 0 Å². The predicted octanol–water partition coefficient (Wildman–Crippen LogP) is 1.18. The van der Waals surface area contributed by atoms with Crippen molar-refractivity contribution < 1.29 is 18.0 Å². The molecule has 0 fully saturated rings. The van der Waals surface area contributed by atoms with Crippen LogP contribution in [0.3, 0.4) is 0 Å². The molecule has 0 aliphatic rings. The number of rotatable bonds is 3. The molecule has 0 saturated carbocycles. The Bertz CT molecular complexity index is 407. The summed E-state index contributed by atoms with van der Waals surface area (Å²) in [6, 6.07) is 1.26. The van der Waals surface area contributed by atoms with E-state index < -0.39 is 28.9 Å². The Hall–Kier alpha value is -1.56. The second kappa shape index (κ2) is 4.98. The van der Waals surface area contributed by atoms with Gasteiger partial charge in [-0.2, -0.15) is 0 Å². The first-order valence-corrected chi connectivity index (χ1v) is 4.60. The van der Waals surface area contributed by atoms with E-state index in [0.717, 1.165) is 6.07 Å². The third kappa shape index (κ3) is 2.73. The molecule has 1 rings (SSSR count). The largest absolute Gasteiger partial charge is 0.350 e. The van der Waals surface area contributed by atoms with Gasteiger partial charge in [0.1, 0.15) is 0 Å². The van der Waals surface area contributed by atoms with Crippen LogP contribution in [0.15, 0.2) is 12.1 Å². The van der Waals surface area contributed by atoms with Gasteiger partial charge in [0, 0.05) is 12.6 Å².